The van der Waals surface area contributed by atoms with Crippen molar-refractivity contribution in [3.8, 4) is 0 Å². The molecule has 4 nitrogen and oxygen atoms in total. The van der Waals surface area contributed by atoms with Crippen molar-refractivity contribution in [1.29, 1.82) is 0 Å². The fourth-order valence-corrected chi connectivity index (χ4v) is 1.48. The molecule has 1 heterocycles. The van der Waals surface area contributed by atoms with E-state index in [0.717, 1.165) is 10.0 Å². The highest BCUT2D eigenvalue weighted by atomic mass is 79.9. The number of pyridine rings is 1. The Morgan fingerprint density at radius 1 is 1.64 bits per heavy atom. The fourth-order valence-electron chi connectivity index (χ4n) is 1.10. The maximum absolute atomic E-state index is 5.42. The van der Waals surface area contributed by atoms with Gasteiger partial charge in [0.25, 0.3) is 0 Å². The van der Waals surface area contributed by atoms with Crippen molar-refractivity contribution in [3.05, 3.63) is 28.5 Å². The average molecular weight is 260 g/mol. The first kappa shape index (κ1) is 11.6. The van der Waals surface area contributed by atoms with Gasteiger partial charge in [-0.1, -0.05) is 0 Å². The Bertz CT molecular complexity index is 283. The average Bonchev–Trinajstić information content (AvgIpc) is 2.19. The zero-order valence-electron chi connectivity index (χ0n) is 8.03. The van der Waals surface area contributed by atoms with Crippen LogP contribution >= 0.6 is 15.9 Å². The van der Waals surface area contributed by atoms with E-state index in [1.165, 1.54) is 0 Å². The second-order valence-corrected chi connectivity index (χ2v) is 3.73. The third-order valence-electron chi connectivity index (χ3n) is 1.82. The highest BCUT2D eigenvalue weighted by Crippen LogP contribution is 2.16. The Morgan fingerprint density at radius 2 is 2.43 bits per heavy atom. The topological polar surface area (TPSA) is 60.2 Å². The van der Waals surface area contributed by atoms with Gasteiger partial charge in [0, 0.05) is 23.5 Å². The SMILES string of the molecule is CCOCC(NN)c1cncc(Br)c1. The first-order valence-corrected chi connectivity index (χ1v) is 5.21. The molecule has 5 heteroatoms. The second-order valence-electron chi connectivity index (χ2n) is 2.82. The van der Waals surface area contributed by atoms with Gasteiger partial charge in [0.1, 0.15) is 0 Å². The van der Waals surface area contributed by atoms with Crippen LogP contribution in [-0.4, -0.2) is 18.2 Å². The van der Waals surface area contributed by atoms with E-state index in [2.05, 4.69) is 26.3 Å². The second kappa shape index (κ2) is 6.08. The normalized spacial score (nSPS) is 12.8. The molecule has 0 spiro atoms. The van der Waals surface area contributed by atoms with E-state index in [1.807, 2.05) is 13.0 Å². The summed E-state index contributed by atoms with van der Waals surface area (Å²) in [5.74, 6) is 5.42. The minimum atomic E-state index is -0.0139. The molecule has 0 aliphatic heterocycles. The number of rotatable bonds is 5. The summed E-state index contributed by atoms with van der Waals surface area (Å²) < 4.78 is 6.23. The number of halogens is 1. The van der Waals surface area contributed by atoms with Gasteiger partial charge >= 0.3 is 0 Å². The molecule has 1 aromatic heterocycles. The smallest absolute Gasteiger partial charge is 0.0709 e. The lowest BCUT2D eigenvalue weighted by Gasteiger charge is -2.15. The minimum Gasteiger partial charge on any atom is -0.380 e. The van der Waals surface area contributed by atoms with Crippen LogP contribution in [-0.2, 0) is 4.74 Å². The highest BCUT2D eigenvalue weighted by molar-refractivity contribution is 9.10. The summed E-state index contributed by atoms with van der Waals surface area (Å²) in [6, 6.07) is 1.95. The lowest BCUT2D eigenvalue weighted by molar-refractivity contribution is 0.123. The Morgan fingerprint density at radius 3 is 3.00 bits per heavy atom. The van der Waals surface area contributed by atoms with Crippen LogP contribution in [0, 0.1) is 0 Å². The molecule has 0 radical (unpaired) electrons. The molecule has 0 amide bonds. The number of aromatic nitrogens is 1. The maximum atomic E-state index is 5.42. The minimum absolute atomic E-state index is 0.0139. The van der Waals surface area contributed by atoms with Crippen LogP contribution in [0.4, 0.5) is 0 Å². The van der Waals surface area contributed by atoms with Crippen LogP contribution in [0.25, 0.3) is 0 Å². The van der Waals surface area contributed by atoms with Crippen molar-refractivity contribution in [3.63, 3.8) is 0 Å². The van der Waals surface area contributed by atoms with Gasteiger partial charge in [-0.15, -0.1) is 0 Å². The first-order valence-electron chi connectivity index (χ1n) is 4.42. The molecular weight excluding hydrogens is 246 g/mol. The van der Waals surface area contributed by atoms with Gasteiger partial charge in [-0.05, 0) is 34.5 Å². The van der Waals surface area contributed by atoms with Gasteiger partial charge in [0.15, 0.2) is 0 Å². The van der Waals surface area contributed by atoms with Crippen LogP contribution < -0.4 is 11.3 Å². The van der Waals surface area contributed by atoms with Gasteiger partial charge in [0.2, 0.25) is 0 Å². The number of nitrogens with zero attached hydrogens (tertiary/aromatic N) is 1. The van der Waals surface area contributed by atoms with Crippen LogP contribution in [0.2, 0.25) is 0 Å². The lowest BCUT2D eigenvalue weighted by Crippen LogP contribution is -2.31. The summed E-state index contributed by atoms with van der Waals surface area (Å²) >= 11 is 3.36. The van der Waals surface area contributed by atoms with Gasteiger partial charge in [-0.3, -0.25) is 16.3 Å². The quantitative estimate of drug-likeness (QED) is 0.620. The Hall–Kier alpha value is -0.490. The summed E-state index contributed by atoms with van der Waals surface area (Å²) in [5, 5.41) is 0. The van der Waals surface area contributed by atoms with Crippen molar-refractivity contribution >= 4 is 15.9 Å². The van der Waals surface area contributed by atoms with E-state index < -0.39 is 0 Å². The molecule has 1 rings (SSSR count). The van der Waals surface area contributed by atoms with E-state index >= 15 is 0 Å². The van der Waals surface area contributed by atoms with E-state index in [4.69, 9.17) is 10.6 Å². The molecule has 0 bridgehead atoms. The molecule has 0 aromatic carbocycles. The number of nitrogens with one attached hydrogen (secondary N) is 1. The van der Waals surface area contributed by atoms with E-state index in [0.29, 0.717) is 13.2 Å². The standard InChI is InChI=1S/C9H14BrN3O/c1-2-14-6-9(13-11)7-3-8(10)5-12-4-7/h3-5,9,13H,2,6,11H2,1H3. The fraction of sp³-hybridized carbons (Fsp3) is 0.444. The van der Waals surface area contributed by atoms with Crippen molar-refractivity contribution in [1.82, 2.24) is 10.4 Å². The van der Waals surface area contributed by atoms with Gasteiger partial charge in [0.05, 0.1) is 12.6 Å². The number of hydrogen-bond acceptors (Lipinski definition) is 4. The van der Waals surface area contributed by atoms with Crippen molar-refractivity contribution < 1.29 is 4.74 Å². The summed E-state index contributed by atoms with van der Waals surface area (Å²) in [6.45, 7) is 3.18. The van der Waals surface area contributed by atoms with E-state index in [-0.39, 0.29) is 6.04 Å². The molecule has 0 fully saturated rings. The Balaban J connectivity index is 2.68. The van der Waals surface area contributed by atoms with Crippen molar-refractivity contribution in [2.24, 2.45) is 5.84 Å². The Labute approximate surface area is 92.0 Å². The van der Waals surface area contributed by atoms with Crippen LogP contribution in [0.1, 0.15) is 18.5 Å². The summed E-state index contributed by atoms with van der Waals surface area (Å²) in [4.78, 5) is 4.06. The monoisotopic (exact) mass is 259 g/mol. The predicted octanol–water partition coefficient (Wildman–Crippen LogP) is 1.38. The van der Waals surface area contributed by atoms with E-state index in [9.17, 15) is 0 Å². The predicted molar refractivity (Wildman–Crippen MR) is 58.5 cm³/mol. The number of hydrogen-bond donors (Lipinski definition) is 2. The molecule has 78 valence electrons. The maximum Gasteiger partial charge on any atom is 0.0709 e. The molecule has 1 atom stereocenters. The molecule has 0 saturated heterocycles. The molecule has 3 N–H and O–H groups in total. The summed E-state index contributed by atoms with van der Waals surface area (Å²) in [5.41, 5.74) is 3.70. The van der Waals surface area contributed by atoms with Gasteiger partial charge < -0.3 is 4.74 Å². The van der Waals surface area contributed by atoms with E-state index in [1.54, 1.807) is 12.4 Å². The molecule has 1 aromatic rings. The molecule has 0 saturated carbocycles. The highest BCUT2D eigenvalue weighted by Gasteiger charge is 2.09. The summed E-state index contributed by atoms with van der Waals surface area (Å²) in [6.07, 6.45) is 3.51. The molecule has 0 aliphatic carbocycles. The number of hydrazine groups is 1. The van der Waals surface area contributed by atoms with Gasteiger partial charge in [-0.25, -0.2) is 0 Å². The lowest BCUT2D eigenvalue weighted by atomic mass is 10.1. The molecule has 1 unspecified atom stereocenters. The zero-order valence-corrected chi connectivity index (χ0v) is 9.62. The third-order valence-corrected chi connectivity index (χ3v) is 2.25. The first-order chi connectivity index (χ1) is 6.77. The van der Waals surface area contributed by atoms with Crippen molar-refractivity contribution in [2.75, 3.05) is 13.2 Å². The number of nitrogens with two attached hydrogens (primary N) is 1. The Kier molecular flexibility index (Phi) is 5.03. The van der Waals surface area contributed by atoms with Crippen molar-refractivity contribution in [2.45, 2.75) is 13.0 Å². The number of ether oxygens (including phenoxy) is 1. The van der Waals surface area contributed by atoms with Gasteiger partial charge in [-0.2, -0.15) is 0 Å². The van der Waals surface area contributed by atoms with Crippen LogP contribution in [0.5, 0.6) is 0 Å². The molecular formula is C9H14BrN3O. The summed E-state index contributed by atoms with van der Waals surface area (Å²) in [7, 11) is 0. The zero-order chi connectivity index (χ0) is 10.4. The third kappa shape index (κ3) is 3.34. The van der Waals surface area contributed by atoms with Crippen LogP contribution in [0.3, 0.4) is 0 Å². The molecule has 0 aliphatic rings. The largest absolute Gasteiger partial charge is 0.380 e. The molecule has 14 heavy (non-hydrogen) atoms. The van der Waals surface area contributed by atoms with Crippen LogP contribution in [0.15, 0.2) is 22.9 Å².